The van der Waals surface area contributed by atoms with Crippen LogP contribution in [0.4, 0.5) is 0 Å². The molecule has 0 rings (SSSR count). The average molecular weight is 338 g/mol. The van der Waals surface area contributed by atoms with E-state index in [0.717, 1.165) is 12.2 Å². The molecule has 0 aliphatic heterocycles. The number of esters is 1. The quantitative estimate of drug-likeness (QED) is 0.352. The van der Waals surface area contributed by atoms with E-state index in [1.165, 1.54) is 0 Å². The zero-order chi connectivity index (χ0) is 17.4. The van der Waals surface area contributed by atoms with Gasteiger partial charge in [-0.3, -0.25) is 14.4 Å². The second-order valence-corrected chi connectivity index (χ2v) is 7.65. The molecule has 0 radical (unpaired) electrons. The van der Waals surface area contributed by atoms with E-state index < -0.39 is 27.6 Å². The molecular formula is C13H26N2O6S. The third-order valence-corrected chi connectivity index (χ3v) is 3.92. The van der Waals surface area contributed by atoms with E-state index in [4.69, 9.17) is 4.84 Å². The molecule has 0 unspecified atom stereocenters. The summed E-state index contributed by atoms with van der Waals surface area (Å²) in [5, 5.41) is 0.879. The predicted octanol–water partition coefficient (Wildman–Crippen LogP) is 0.436. The highest BCUT2D eigenvalue weighted by Gasteiger charge is 2.29. The van der Waals surface area contributed by atoms with Crippen LogP contribution in [-0.4, -0.2) is 56.9 Å². The summed E-state index contributed by atoms with van der Waals surface area (Å²) in [5.41, 5.74) is -0.664. The number of nitrogens with one attached hydrogen (secondary N) is 1. The zero-order valence-corrected chi connectivity index (χ0v) is 14.6. The maximum atomic E-state index is 11.9. The first kappa shape index (κ1) is 20.8. The normalized spacial score (nSPS) is 13.5. The number of sulfonamides is 1. The van der Waals surface area contributed by atoms with Crippen LogP contribution in [0.5, 0.6) is 0 Å². The summed E-state index contributed by atoms with van der Waals surface area (Å²) in [5.74, 6) is -0.887. The summed E-state index contributed by atoms with van der Waals surface area (Å²) in [6, 6.07) is -1.22. The molecule has 1 atom stereocenters. The Morgan fingerprint density at radius 2 is 1.95 bits per heavy atom. The Labute approximate surface area is 132 Å². The molecule has 0 bridgehead atoms. The Kier molecular flexibility index (Phi) is 8.57. The van der Waals surface area contributed by atoms with Crippen molar-refractivity contribution in [3.8, 4) is 0 Å². The number of carbonyl (C=O) groups excluding carboxylic acids is 2. The van der Waals surface area contributed by atoms with Crippen molar-refractivity contribution >= 4 is 22.4 Å². The van der Waals surface area contributed by atoms with Gasteiger partial charge in [-0.1, -0.05) is 13.3 Å². The van der Waals surface area contributed by atoms with Crippen LogP contribution in [0.1, 0.15) is 40.5 Å². The summed E-state index contributed by atoms with van der Waals surface area (Å²) >= 11 is 0. The molecule has 0 heterocycles. The fourth-order valence-corrected chi connectivity index (χ4v) is 2.94. The number of carbonyl (C=O) groups is 2. The lowest BCUT2D eigenvalue weighted by molar-refractivity contribution is -0.218. The number of hydroxylamine groups is 2. The lowest BCUT2D eigenvalue weighted by atomic mass is 10.2. The van der Waals surface area contributed by atoms with Gasteiger partial charge in [-0.2, -0.15) is 4.72 Å². The highest BCUT2D eigenvalue weighted by Crippen LogP contribution is 2.10. The van der Waals surface area contributed by atoms with Crippen LogP contribution in [0.15, 0.2) is 0 Å². The van der Waals surface area contributed by atoms with Gasteiger partial charge in [0.1, 0.15) is 6.04 Å². The number of unbranched alkanes of at least 4 members (excludes halogenated alkanes) is 1. The molecule has 0 aromatic rings. The molecule has 22 heavy (non-hydrogen) atoms. The molecule has 0 aliphatic carbocycles. The van der Waals surface area contributed by atoms with Crippen molar-refractivity contribution in [3.05, 3.63) is 0 Å². The number of nitrogens with zero attached hydrogens (tertiary/aromatic N) is 1. The molecule has 0 aromatic carbocycles. The molecule has 0 aromatic heterocycles. The van der Waals surface area contributed by atoms with Gasteiger partial charge in [0.2, 0.25) is 16.4 Å². The molecule has 1 amide bonds. The fourth-order valence-electron chi connectivity index (χ4n) is 1.55. The SMILES string of the molecule is CCCCS(=O)(=O)N[C@@H](CN(C=O)OC(C)(C)C)C(=O)OC. The molecule has 0 saturated carbocycles. The number of ether oxygens (including phenoxy) is 1. The van der Waals surface area contributed by atoms with Crippen LogP contribution >= 0.6 is 0 Å². The van der Waals surface area contributed by atoms with Gasteiger partial charge in [-0.15, -0.1) is 0 Å². The second kappa shape index (κ2) is 9.06. The van der Waals surface area contributed by atoms with Gasteiger partial charge in [-0.25, -0.2) is 13.5 Å². The molecule has 9 heteroatoms. The van der Waals surface area contributed by atoms with Crippen molar-refractivity contribution < 1.29 is 27.6 Å². The molecule has 8 nitrogen and oxygen atoms in total. The maximum absolute atomic E-state index is 11.9. The lowest BCUT2D eigenvalue weighted by Gasteiger charge is -2.29. The monoisotopic (exact) mass is 338 g/mol. The van der Waals surface area contributed by atoms with Gasteiger partial charge in [0, 0.05) is 0 Å². The average Bonchev–Trinajstić information content (AvgIpc) is 2.41. The van der Waals surface area contributed by atoms with E-state index in [9.17, 15) is 18.0 Å². The van der Waals surface area contributed by atoms with Crippen LogP contribution in [0.2, 0.25) is 0 Å². The van der Waals surface area contributed by atoms with Crippen LogP contribution in [0.25, 0.3) is 0 Å². The minimum Gasteiger partial charge on any atom is -0.468 e. The largest absolute Gasteiger partial charge is 0.468 e. The van der Waals surface area contributed by atoms with Crippen molar-refractivity contribution in [2.75, 3.05) is 19.4 Å². The summed E-state index contributed by atoms with van der Waals surface area (Å²) in [6.45, 7) is 6.75. The molecule has 0 saturated heterocycles. The summed E-state index contributed by atoms with van der Waals surface area (Å²) < 4.78 is 30.6. The van der Waals surface area contributed by atoms with Crippen LogP contribution in [0.3, 0.4) is 0 Å². The van der Waals surface area contributed by atoms with Crippen LogP contribution in [-0.2, 0) is 29.2 Å². The van der Waals surface area contributed by atoms with E-state index >= 15 is 0 Å². The Morgan fingerprint density at radius 1 is 1.36 bits per heavy atom. The maximum Gasteiger partial charge on any atom is 0.325 e. The van der Waals surface area contributed by atoms with Gasteiger partial charge >= 0.3 is 5.97 Å². The predicted molar refractivity (Wildman–Crippen MR) is 81.2 cm³/mol. The van der Waals surface area contributed by atoms with E-state index in [2.05, 4.69) is 9.46 Å². The Hall–Kier alpha value is -1.19. The number of methoxy groups -OCH3 is 1. The van der Waals surface area contributed by atoms with Crippen molar-refractivity contribution in [2.24, 2.45) is 0 Å². The van der Waals surface area contributed by atoms with Gasteiger partial charge in [0.25, 0.3) is 0 Å². The second-order valence-electron chi connectivity index (χ2n) is 5.77. The summed E-state index contributed by atoms with van der Waals surface area (Å²) in [7, 11) is -2.50. The van der Waals surface area contributed by atoms with Gasteiger partial charge < -0.3 is 4.74 Å². The number of hydrogen-bond donors (Lipinski definition) is 1. The summed E-state index contributed by atoms with van der Waals surface area (Å²) in [6.07, 6.45) is 1.57. The number of rotatable bonds is 10. The van der Waals surface area contributed by atoms with Gasteiger partial charge in [0.15, 0.2) is 0 Å². The highest BCUT2D eigenvalue weighted by molar-refractivity contribution is 7.89. The lowest BCUT2D eigenvalue weighted by Crippen LogP contribution is -2.50. The standard InChI is InChI=1S/C13H26N2O6S/c1-6-7-8-22(18,19)14-11(12(17)20-5)9-15(10-16)21-13(2,3)4/h10-11,14H,6-9H2,1-5H3/t11-/m0/s1. The summed E-state index contributed by atoms with van der Waals surface area (Å²) in [4.78, 5) is 28.1. The molecule has 130 valence electrons. The van der Waals surface area contributed by atoms with E-state index in [-0.39, 0.29) is 12.3 Å². The zero-order valence-electron chi connectivity index (χ0n) is 13.8. The van der Waals surface area contributed by atoms with E-state index in [0.29, 0.717) is 19.3 Å². The molecule has 1 N–H and O–H groups in total. The van der Waals surface area contributed by atoms with Crippen molar-refractivity contribution in [1.82, 2.24) is 9.79 Å². The number of amides is 1. The van der Waals surface area contributed by atoms with Crippen molar-refractivity contribution in [2.45, 2.75) is 52.2 Å². The molecule has 0 aliphatic rings. The van der Waals surface area contributed by atoms with Gasteiger partial charge in [-0.05, 0) is 27.2 Å². The van der Waals surface area contributed by atoms with Crippen molar-refractivity contribution in [1.29, 1.82) is 0 Å². The first-order chi connectivity index (χ1) is 10.0. The first-order valence-electron chi connectivity index (χ1n) is 7.03. The minimum atomic E-state index is -3.64. The van der Waals surface area contributed by atoms with Crippen LogP contribution < -0.4 is 4.72 Å². The molecular weight excluding hydrogens is 312 g/mol. The first-order valence-corrected chi connectivity index (χ1v) is 8.68. The molecule has 0 fully saturated rings. The van der Waals surface area contributed by atoms with E-state index in [1.54, 1.807) is 20.8 Å². The third-order valence-electron chi connectivity index (χ3n) is 2.45. The topological polar surface area (TPSA) is 102 Å². The third kappa shape index (κ3) is 8.96. The van der Waals surface area contributed by atoms with Crippen LogP contribution in [0, 0.1) is 0 Å². The van der Waals surface area contributed by atoms with Gasteiger partial charge in [0.05, 0.1) is 25.0 Å². The Morgan fingerprint density at radius 3 is 2.36 bits per heavy atom. The highest BCUT2D eigenvalue weighted by atomic mass is 32.2. The smallest absolute Gasteiger partial charge is 0.325 e. The van der Waals surface area contributed by atoms with E-state index in [1.807, 2.05) is 6.92 Å². The molecule has 0 spiro atoms. The number of hydrogen-bond acceptors (Lipinski definition) is 6. The van der Waals surface area contributed by atoms with Crippen molar-refractivity contribution in [3.63, 3.8) is 0 Å². The Bertz CT molecular complexity index is 458. The Balaban J connectivity index is 4.98. The fraction of sp³-hybridized carbons (Fsp3) is 0.846. The minimum absolute atomic E-state index is 0.0990.